The molecule has 3 aromatic heterocycles. The van der Waals surface area contributed by atoms with Gasteiger partial charge in [0, 0.05) is 19.1 Å². The number of thiophene rings is 1. The van der Waals surface area contributed by atoms with Crippen LogP contribution in [0.3, 0.4) is 0 Å². The van der Waals surface area contributed by atoms with Gasteiger partial charge in [0.15, 0.2) is 5.65 Å². The highest BCUT2D eigenvalue weighted by molar-refractivity contribution is 7.92. The lowest BCUT2D eigenvalue weighted by Crippen LogP contribution is -2.37. The molecule has 34 heavy (non-hydrogen) atoms. The van der Waals surface area contributed by atoms with Crippen molar-refractivity contribution in [1.82, 2.24) is 20.1 Å². The molecule has 0 atom stereocenters. The summed E-state index contributed by atoms with van der Waals surface area (Å²) >= 11 is 1.54. The molecule has 5 rings (SSSR count). The van der Waals surface area contributed by atoms with Gasteiger partial charge >= 0.3 is 0 Å². The molecule has 0 unspecified atom stereocenters. The van der Waals surface area contributed by atoms with Gasteiger partial charge in [0.2, 0.25) is 10.0 Å². The summed E-state index contributed by atoms with van der Waals surface area (Å²) in [5.41, 5.74) is 3.51. The minimum absolute atomic E-state index is 0.0102. The van der Waals surface area contributed by atoms with Crippen molar-refractivity contribution in [1.29, 1.82) is 0 Å². The molecule has 1 amide bonds. The minimum Gasteiger partial charge on any atom is -0.351 e. The molecule has 0 bridgehead atoms. The lowest BCUT2D eigenvalue weighted by Gasteiger charge is -2.19. The van der Waals surface area contributed by atoms with E-state index < -0.39 is 10.0 Å². The van der Waals surface area contributed by atoms with Crippen molar-refractivity contribution in [2.45, 2.75) is 26.3 Å². The van der Waals surface area contributed by atoms with Crippen LogP contribution < -0.4 is 9.62 Å². The van der Waals surface area contributed by atoms with Crippen LogP contribution >= 0.6 is 11.3 Å². The van der Waals surface area contributed by atoms with Gasteiger partial charge in [-0.05, 0) is 49.4 Å². The number of benzene rings is 1. The molecule has 1 aliphatic heterocycles. The molecule has 0 saturated carbocycles. The number of para-hydroxylation sites is 1. The fourth-order valence-electron chi connectivity index (χ4n) is 4.23. The number of anilines is 1. The largest absolute Gasteiger partial charge is 0.351 e. The maximum Gasteiger partial charge on any atom is 0.252 e. The molecular formula is C24H25N5O3S2. The molecule has 1 N–H and O–H groups in total. The van der Waals surface area contributed by atoms with Gasteiger partial charge in [-0.3, -0.25) is 9.10 Å². The molecule has 0 aliphatic carbocycles. The molecule has 8 nitrogen and oxygen atoms in total. The predicted octanol–water partition coefficient (Wildman–Crippen LogP) is 3.86. The topological polar surface area (TPSA) is 97.2 Å². The second-order valence-corrected chi connectivity index (χ2v) is 11.4. The van der Waals surface area contributed by atoms with E-state index in [2.05, 4.69) is 10.4 Å². The van der Waals surface area contributed by atoms with E-state index in [0.29, 0.717) is 35.3 Å². The zero-order valence-corrected chi connectivity index (χ0v) is 20.6. The monoisotopic (exact) mass is 495 g/mol. The van der Waals surface area contributed by atoms with Gasteiger partial charge in [0.1, 0.15) is 0 Å². The van der Waals surface area contributed by atoms with E-state index in [9.17, 15) is 13.2 Å². The Kier molecular flexibility index (Phi) is 5.86. The number of rotatable bonds is 7. The summed E-state index contributed by atoms with van der Waals surface area (Å²) in [4.78, 5) is 18.9. The first-order valence-electron chi connectivity index (χ1n) is 11.1. The van der Waals surface area contributed by atoms with Crippen LogP contribution in [0, 0.1) is 0 Å². The van der Waals surface area contributed by atoms with Gasteiger partial charge in [0.25, 0.3) is 5.91 Å². The van der Waals surface area contributed by atoms with Crippen LogP contribution in [0.25, 0.3) is 21.6 Å². The minimum atomic E-state index is -3.55. The second-order valence-electron chi connectivity index (χ2n) is 8.48. The van der Waals surface area contributed by atoms with Crippen molar-refractivity contribution in [3.63, 3.8) is 0 Å². The normalized spacial score (nSPS) is 13.6. The van der Waals surface area contributed by atoms with Gasteiger partial charge in [-0.25, -0.2) is 18.1 Å². The highest BCUT2D eigenvalue weighted by Crippen LogP contribution is 2.30. The summed E-state index contributed by atoms with van der Waals surface area (Å²) in [5.74, 6) is -0.518. The molecule has 1 aromatic carbocycles. The Hall–Kier alpha value is -3.24. The van der Waals surface area contributed by atoms with Crippen molar-refractivity contribution in [2.24, 2.45) is 0 Å². The molecule has 0 radical (unpaired) electrons. The van der Waals surface area contributed by atoms with Crippen molar-refractivity contribution in [3.8, 4) is 10.6 Å². The first-order valence-corrected chi connectivity index (χ1v) is 13.6. The zero-order chi connectivity index (χ0) is 23.9. The van der Waals surface area contributed by atoms with Gasteiger partial charge in [-0.1, -0.05) is 24.3 Å². The Morgan fingerprint density at radius 1 is 1.21 bits per heavy atom. The molecule has 1 aliphatic rings. The third kappa shape index (κ3) is 4.07. The Bertz CT molecular complexity index is 1460. The number of sulfonamides is 1. The van der Waals surface area contributed by atoms with Gasteiger partial charge in [-0.2, -0.15) is 5.10 Å². The predicted molar refractivity (Wildman–Crippen MR) is 135 cm³/mol. The lowest BCUT2D eigenvalue weighted by atomic mass is 10.1. The highest BCUT2D eigenvalue weighted by Gasteiger charge is 2.29. The fraction of sp³-hybridized carbons (Fsp3) is 0.292. The van der Waals surface area contributed by atoms with Crippen molar-refractivity contribution in [2.75, 3.05) is 23.1 Å². The zero-order valence-electron chi connectivity index (χ0n) is 18.9. The maximum absolute atomic E-state index is 13.2. The number of nitrogens with one attached hydrogen (secondary N) is 1. The van der Waals surface area contributed by atoms with Gasteiger partial charge in [0.05, 0.1) is 39.2 Å². The molecule has 4 aromatic rings. The van der Waals surface area contributed by atoms with Crippen LogP contribution in [0.2, 0.25) is 0 Å². The third-order valence-electron chi connectivity index (χ3n) is 5.90. The average molecular weight is 496 g/mol. The van der Waals surface area contributed by atoms with Gasteiger partial charge < -0.3 is 5.32 Å². The Balaban J connectivity index is 1.38. The SMILES string of the molecule is CC(C)n1ncc2c(C(=O)NCCS(=O)(=O)N3CCc4ccccc43)cc(-c3cccs3)nc21. The maximum atomic E-state index is 13.2. The van der Waals surface area contributed by atoms with E-state index in [1.165, 1.54) is 4.31 Å². The molecule has 10 heteroatoms. The van der Waals surface area contributed by atoms with E-state index in [4.69, 9.17) is 4.98 Å². The number of amides is 1. The smallest absolute Gasteiger partial charge is 0.252 e. The third-order valence-corrected chi connectivity index (χ3v) is 8.56. The fourth-order valence-corrected chi connectivity index (χ4v) is 6.34. The van der Waals surface area contributed by atoms with E-state index in [1.54, 1.807) is 28.3 Å². The molecule has 0 fully saturated rings. The van der Waals surface area contributed by atoms with Gasteiger partial charge in [-0.15, -0.1) is 11.3 Å². The number of carbonyl (C=O) groups is 1. The summed E-state index contributed by atoms with van der Waals surface area (Å²) in [7, 11) is -3.55. The van der Waals surface area contributed by atoms with Crippen LogP contribution in [0.15, 0.2) is 54.0 Å². The average Bonchev–Trinajstić information content (AvgIpc) is 3.57. The molecule has 176 valence electrons. The number of hydrogen-bond acceptors (Lipinski definition) is 6. The number of carbonyl (C=O) groups excluding carboxylic acids is 1. The Labute approximate surface area is 202 Å². The van der Waals surface area contributed by atoms with Crippen LogP contribution in [0.5, 0.6) is 0 Å². The first-order chi connectivity index (χ1) is 16.3. The molecule has 0 saturated heterocycles. The standard InChI is InChI=1S/C24H25N5O3S2/c1-16(2)29-23-19(15-26-29)18(14-20(27-23)22-8-5-12-33-22)24(30)25-10-13-34(31,32)28-11-9-17-6-3-4-7-21(17)28/h3-8,12,14-16H,9-11,13H2,1-2H3,(H,25,30). The highest BCUT2D eigenvalue weighted by atomic mass is 32.2. The summed E-state index contributed by atoms with van der Waals surface area (Å²) in [5, 5.41) is 9.83. The Morgan fingerprint density at radius 3 is 2.79 bits per heavy atom. The summed E-state index contributed by atoms with van der Waals surface area (Å²) in [6, 6.07) is 13.2. The summed E-state index contributed by atoms with van der Waals surface area (Å²) in [6.45, 7) is 4.45. The van der Waals surface area contributed by atoms with Crippen LogP contribution in [0.1, 0.15) is 35.8 Å². The van der Waals surface area contributed by atoms with E-state index >= 15 is 0 Å². The molecule has 0 spiro atoms. The van der Waals surface area contributed by atoms with Crippen molar-refractivity contribution in [3.05, 3.63) is 65.2 Å². The quantitative estimate of drug-likeness (QED) is 0.420. The van der Waals surface area contributed by atoms with Crippen LogP contribution in [-0.2, 0) is 16.4 Å². The van der Waals surface area contributed by atoms with Crippen molar-refractivity contribution >= 4 is 44.0 Å². The number of hydrogen-bond donors (Lipinski definition) is 1. The lowest BCUT2D eigenvalue weighted by molar-refractivity contribution is 0.0957. The van der Waals surface area contributed by atoms with Crippen LogP contribution in [0.4, 0.5) is 5.69 Å². The van der Waals surface area contributed by atoms with E-state index in [0.717, 1.165) is 16.1 Å². The number of pyridine rings is 1. The molecular weight excluding hydrogens is 470 g/mol. The number of nitrogens with zero attached hydrogens (tertiary/aromatic N) is 4. The van der Waals surface area contributed by atoms with Crippen LogP contribution in [-0.4, -0.2) is 47.9 Å². The molecule has 4 heterocycles. The van der Waals surface area contributed by atoms with E-state index in [1.807, 2.05) is 55.6 Å². The van der Waals surface area contributed by atoms with E-state index in [-0.39, 0.29) is 24.2 Å². The first kappa shape index (κ1) is 22.5. The Morgan fingerprint density at radius 2 is 2.03 bits per heavy atom. The van der Waals surface area contributed by atoms with Crippen molar-refractivity contribution < 1.29 is 13.2 Å². The number of fused-ring (bicyclic) bond motifs is 2. The summed E-state index contributed by atoms with van der Waals surface area (Å²) in [6.07, 6.45) is 2.34. The summed E-state index contributed by atoms with van der Waals surface area (Å²) < 4.78 is 29.2. The second kappa shape index (κ2) is 8.84. The number of aromatic nitrogens is 3.